The zero-order valence-corrected chi connectivity index (χ0v) is 19.7. The van der Waals surface area contributed by atoms with Crippen LogP contribution < -0.4 is 19.1 Å². The molecule has 0 aliphatic carbocycles. The summed E-state index contributed by atoms with van der Waals surface area (Å²) in [6.45, 7) is 1.74. The molecule has 1 aliphatic heterocycles. The van der Waals surface area contributed by atoms with Crippen LogP contribution in [0.2, 0.25) is 0 Å². The monoisotopic (exact) mass is 459 g/mol. The molecule has 0 unspecified atom stereocenters. The van der Waals surface area contributed by atoms with Crippen molar-refractivity contribution < 1.29 is 28.5 Å². The van der Waals surface area contributed by atoms with Crippen molar-refractivity contribution in [2.45, 2.75) is 6.92 Å². The van der Waals surface area contributed by atoms with E-state index >= 15 is 0 Å². The predicted octanol–water partition coefficient (Wildman–Crippen LogP) is 4.74. The van der Waals surface area contributed by atoms with Crippen LogP contribution in [0.5, 0.6) is 17.2 Å². The van der Waals surface area contributed by atoms with Gasteiger partial charge < -0.3 is 18.9 Å². The summed E-state index contributed by atoms with van der Waals surface area (Å²) in [4.78, 5) is 28.1. The molecule has 1 heterocycles. The minimum Gasteiger partial charge on any atom is -0.493 e. The van der Waals surface area contributed by atoms with Gasteiger partial charge in [-0.1, -0.05) is 36.4 Å². The number of fused-ring (bicyclic) bond motifs is 1. The zero-order chi connectivity index (χ0) is 24.4. The number of benzene rings is 3. The summed E-state index contributed by atoms with van der Waals surface area (Å²) in [5.74, 6) is 0.383. The van der Waals surface area contributed by atoms with Gasteiger partial charge in [-0.2, -0.15) is 0 Å². The largest absolute Gasteiger partial charge is 0.493 e. The number of nitrogens with zero attached hydrogens (tertiary/aromatic N) is 1. The van der Waals surface area contributed by atoms with E-state index in [4.69, 9.17) is 18.9 Å². The summed E-state index contributed by atoms with van der Waals surface area (Å²) in [5, 5.41) is 1.89. The molecule has 0 fully saturated rings. The SMILES string of the molecule is COC(=O)C1=C(C)N(c2cccc3ccccc23)C(=O)C1=Cc1cc(OC)c(OC)c(OC)c1. The predicted molar refractivity (Wildman–Crippen MR) is 130 cm³/mol. The highest BCUT2D eigenvalue weighted by Crippen LogP contribution is 2.41. The Morgan fingerprint density at radius 3 is 2.15 bits per heavy atom. The third-order valence-corrected chi connectivity index (χ3v) is 5.80. The van der Waals surface area contributed by atoms with Gasteiger partial charge in [0.1, 0.15) is 0 Å². The number of anilines is 1. The molecule has 0 N–H and O–H groups in total. The van der Waals surface area contributed by atoms with Crippen LogP contribution >= 0.6 is 0 Å². The number of carbonyl (C=O) groups is 2. The molecule has 0 radical (unpaired) electrons. The summed E-state index contributed by atoms with van der Waals surface area (Å²) in [5.41, 5.74) is 2.20. The lowest BCUT2D eigenvalue weighted by molar-refractivity contribution is -0.136. The van der Waals surface area contributed by atoms with Gasteiger partial charge >= 0.3 is 5.97 Å². The summed E-state index contributed by atoms with van der Waals surface area (Å²) < 4.78 is 21.3. The highest BCUT2D eigenvalue weighted by atomic mass is 16.5. The number of allylic oxidation sites excluding steroid dienone is 1. The normalized spacial score (nSPS) is 14.7. The summed E-state index contributed by atoms with van der Waals surface area (Å²) in [6, 6.07) is 16.9. The molecule has 174 valence electrons. The minimum atomic E-state index is -0.590. The Morgan fingerprint density at radius 1 is 0.882 bits per heavy atom. The van der Waals surface area contributed by atoms with E-state index in [0.717, 1.165) is 10.8 Å². The standard InChI is InChI=1S/C27H25NO6/c1-16-24(27(30)34-5)20(13-17-14-22(31-2)25(33-4)23(15-17)32-3)26(29)28(16)21-12-8-10-18-9-6-7-11-19(18)21/h6-15H,1-5H3. The van der Waals surface area contributed by atoms with Crippen molar-refractivity contribution in [2.24, 2.45) is 0 Å². The molecule has 0 spiro atoms. The molecular weight excluding hydrogens is 434 g/mol. The number of hydrogen-bond acceptors (Lipinski definition) is 6. The van der Waals surface area contributed by atoms with Gasteiger partial charge in [-0.3, -0.25) is 9.69 Å². The second kappa shape index (κ2) is 9.31. The van der Waals surface area contributed by atoms with Crippen LogP contribution in [0.4, 0.5) is 5.69 Å². The van der Waals surface area contributed by atoms with Crippen LogP contribution in [0.1, 0.15) is 12.5 Å². The Morgan fingerprint density at radius 2 is 1.53 bits per heavy atom. The molecule has 34 heavy (non-hydrogen) atoms. The Bertz CT molecular complexity index is 1320. The molecule has 3 aromatic carbocycles. The number of amides is 1. The van der Waals surface area contributed by atoms with Gasteiger partial charge in [0.2, 0.25) is 5.75 Å². The highest BCUT2D eigenvalue weighted by Gasteiger charge is 2.38. The molecule has 1 aliphatic rings. The van der Waals surface area contributed by atoms with E-state index in [1.807, 2.05) is 42.5 Å². The van der Waals surface area contributed by atoms with E-state index < -0.39 is 5.97 Å². The lowest BCUT2D eigenvalue weighted by Gasteiger charge is -2.20. The first-order chi connectivity index (χ1) is 16.4. The number of esters is 1. The fourth-order valence-electron chi connectivity index (χ4n) is 4.22. The molecule has 1 amide bonds. The number of ether oxygens (including phenoxy) is 4. The maximum atomic E-state index is 13.7. The van der Waals surface area contributed by atoms with Crippen molar-refractivity contribution in [2.75, 3.05) is 33.3 Å². The smallest absolute Gasteiger partial charge is 0.340 e. The Balaban J connectivity index is 1.91. The van der Waals surface area contributed by atoms with Crippen LogP contribution in [-0.2, 0) is 14.3 Å². The van der Waals surface area contributed by atoms with Crippen LogP contribution in [0.3, 0.4) is 0 Å². The lowest BCUT2D eigenvalue weighted by Crippen LogP contribution is -2.24. The number of rotatable bonds is 6. The Kier molecular flexibility index (Phi) is 6.27. The summed E-state index contributed by atoms with van der Waals surface area (Å²) in [7, 11) is 5.84. The molecule has 0 atom stereocenters. The number of hydrogen-bond donors (Lipinski definition) is 0. The third-order valence-electron chi connectivity index (χ3n) is 5.80. The zero-order valence-electron chi connectivity index (χ0n) is 19.7. The topological polar surface area (TPSA) is 74.3 Å². The van der Waals surface area contributed by atoms with E-state index in [1.165, 1.54) is 28.4 Å². The molecule has 0 saturated heterocycles. The van der Waals surface area contributed by atoms with E-state index in [1.54, 1.807) is 30.0 Å². The highest BCUT2D eigenvalue weighted by molar-refractivity contribution is 6.25. The van der Waals surface area contributed by atoms with Crippen LogP contribution in [-0.4, -0.2) is 40.3 Å². The molecule has 4 rings (SSSR count). The first kappa shape index (κ1) is 22.9. The van der Waals surface area contributed by atoms with E-state index in [0.29, 0.717) is 34.2 Å². The minimum absolute atomic E-state index is 0.203. The van der Waals surface area contributed by atoms with Crippen molar-refractivity contribution in [1.82, 2.24) is 0 Å². The Labute approximate surface area is 197 Å². The fraction of sp³-hybridized carbons (Fsp3) is 0.185. The van der Waals surface area contributed by atoms with Gasteiger partial charge in [0.15, 0.2) is 11.5 Å². The molecule has 0 aromatic heterocycles. The Hall–Kier alpha value is -4.26. The second-order valence-corrected chi connectivity index (χ2v) is 7.61. The number of methoxy groups -OCH3 is 4. The molecule has 3 aromatic rings. The molecule has 0 bridgehead atoms. The quantitative estimate of drug-likeness (QED) is 0.392. The van der Waals surface area contributed by atoms with Gasteiger partial charge in [-0.05, 0) is 42.1 Å². The number of carbonyl (C=O) groups excluding carboxylic acids is 2. The van der Waals surface area contributed by atoms with Crippen LogP contribution in [0.15, 0.2) is 71.4 Å². The third kappa shape index (κ3) is 3.75. The first-order valence-electron chi connectivity index (χ1n) is 10.6. The van der Waals surface area contributed by atoms with Crippen molar-refractivity contribution in [1.29, 1.82) is 0 Å². The summed E-state index contributed by atoms with van der Waals surface area (Å²) in [6.07, 6.45) is 1.63. The van der Waals surface area contributed by atoms with Crippen molar-refractivity contribution in [3.05, 3.63) is 77.0 Å². The van der Waals surface area contributed by atoms with E-state index in [2.05, 4.69) is 0 Å². The van der Waals surface area contributed by atoms with Crippen molar-refractivity contribution in [3.63, 3.8) is 0 Å². The van der Waals surface area contributed by atoms with Gasteiger partial charge in [0.25, 0.3) is 5.91 Å². The molecule has 7 heteroatoms. The van der Waals surface area contributed by atoms with E-state index in [-0.39, 0.29) is 17.1 Å². The van der Waals surface area contributed by atoms with Gasteiger partial charge in [0, 0.05) is 11.1 Å². The van der Waals surface area contributed by atoms with E-state index in [9.17, 15) is 9.59 Å². The maximum Gasteiger partial charge on any atom is 0.340 e. The second-order valence-electron chi connectivity index (χ2n) is 7.61. The van der Waals surface area contributed by atoms with Crippen molar-refractivity contribution >= 4 is 34.4 Å². The maximum absolute atomic E-state index is 13.7. The molecule has 0 saturated carbocycles. The summed E-state index contributed by atoms with van der Waals surface area (Å²) >= 11 is 0. The average molecular weight is 459 g/mol. The van der Waals surface area contributed by atoms with Gasteiger partial charge in [-0.25, -0.2) is 4.79 Å². The molecule has 7 nitrogen and oxygen atoms in total. The lowest BCUT2D eigenvalue weighted by atomic mass is 10.0. The van der Waals surface area contributed by atoms with Gasteiger partial charge in [-0.15, -0.1) is 0 Å². The fourth-order valence-corrected chi connectivity index (χ4v) is 4.22. The molecular formula is C27H25NO6. The average Bonchev–Trinajstić information content (AvgIpc) is 3.11. The van der Waals surface area contributed by atoms with Crippen LogP contribution in [0.25, 0.3) is 16.8 Å². The van der Waals surface area contributed by atoms with Crippen LogP contribution in [0, 0.1) is 0 Å². The first-order valence-corrected chi connectivity index (χ1v) is 10.6. The van der Waals surface area contributed by atoms with Gasteiger partial charge in [0.05, 0.1) is 45.3 Å². The van der Waals surface area contributed by atoms with Crippen molar-refractivity contribution in [3.8, 4) is 17.2 Å².